The molecule has 20 heavy (non-hydrogen) atoms. The molecular formula is C14H17BrClNO3. The van der Waals surface area contributed by atoms with Gasteiger partial charge in [0.25, 0.3) is 0 Å². The second-order valence-electron chi connectivity index (χ2n) is 4.85. The molecule has 1 aliphatic heterocycles. The van der Waals surface area contributed by atoms with Crippen molar-refractivity contribution in [1.29, 1.82) is 0 Å². The summed E-state index contributed by atoms with van der Waals surface area (Å²) in [5.74, 6) is -1.26. The van der Waals surface area contributed by atoms with Gasteiger partial charge in [-0.25, -0.2) is 0 Å². The van der Waals surface area contributed by atoms with Gasteiger partial charge < -0.3 is 9.84 Å². The Morgan fingerprint density at radius 1 is 1.55 bits per heavy atom. The lowest BCUT2D eigenvalue weighted by Crippen LogP contribution is -2.42. The number of aliphatic carboxylic acids is 1. The van der Waals surface area contributed by atoms with E-state index in [1.54, 1.807) is 0 Å². The molecule has 1 heterocycles. The van der Waals surface area contributed by atoms with Crippen LogP contribution >= 0.6 is 27.5 Å². The first kappa shape index (κ1) is 15.8. The standard InChI is InChI=1S/C14H17BrClNO3/c1-2-17(13-8-20-7-11(13)14(18)19)6-9-5-10(16)3-4-12(9)15/h3-5,11,13H,2,6-8H2,1H3,(H,18,19). The summed E-state index contributed by atoms with van der Waals surface area (Å²) in [6.45, 7) is 4.18. The number of hydrogen-bond acceptors (Lipinski definition) is 3. The number of rotatable bonds is 5. The number of ether oxygens (including phenoxy) is 1. The molecule has 6 heteroatoms. The second kappa shape index (κ2) is 6.89. The Labute approximate surface area is 131 Å². The summed E-state index contributed by atoms with van der Waals surface area (Å²) in [5, 5.41) is 9.93. The molecule has 0 bridgehead atoms. The van der Waals surface area contributed by atoms with Crippen LogP contribution in [-0.2, 0) is 16.1 Å². The van der Waals surface area contributed by atoms with Crippen molar-refractivity contribution in [2.24, 2.45) is 5.92 Å². The summed E-state index contributed by atoms with van der Waals surface area (Å²) in [7, 11) is 0. The highest BCUT2D eigenvalue weighted by molar-refractivity contribution is 9.10. The quantitative estimate of drug-likeness (QED) is 0.875. The number of halogens is 2. The van der Waals surface area contributed by atoms with Crippen molar-refractivity contribution in [2.75, 3.05) is 19.8 Å². The Balaban J connectivity index is 2.16. The average molecular weight is 363 g/mol. The fraction of sp³-hybridized carbons (Fsp3) is 0.500. The Hall–Kier alpha value is -0.620. The topological polar surface area (TPSA) is 49.8 Å². The van der Waals surface area contributed by atoms with Crippen molar-refractivity contribution >= 4 is 33.5 Å². The molecule has 2 atom stereocenters. The third-order valence-electron chi connectivity index (χ3n) is 3.62. The predicted molar refractivity (Wildman–Crippen MR) is 81.0 cm³/mol. The lowest BCUT2D eigenvalue weighted by atomic mass is 10.0. The molecule has 0 saturated carbocycles. The summed E-state index contributed by atoms with van der Waals surface area (Å²) < 4.78 is 6.32. The summed E-state index contributed by atoms with van der Waals surface area (Å²) in [5.41, 5.74) is 1.05. The van der Waals surface area contributed by atoms with Crippen molar-refractivity contribution in [3.05, 3.63) is 33.3 Å². The van der Waals surface area contributed by atoms with Crippen LogP contribution in [-0.4, -0.2) is 41.8 Å². The molecule has 0 aromatic heterocycles. The van der Waals surface area contributed by atoms with Gasteiger partial charge in [-0.2, -0.15) is 0 Å². The van der Waals surface area contributed by atoms with Gasteiger partial charge in [-0.1, -0.05) is 34.5 Å². The van der Waals surface area contributed by atoms with Crippen LogP contribution in [0.4, 0.5) is 0 Å². The van der Waals surface area contributed by atoms with E-state index in [4.69, 9.17) is 16.3 Å². The van der Waals surface area contributed by atoms with E-state index in [2.05, 4.69) is 20.8 Å². The molecule has 110 valence electrons. The van der Waals surface area contributed by atoms with Crippen LogP contribution in [0.3, 0.4) is 0 Å². The van der Waals surface area contributed by atoms with Crippen LogP contribution in [0.15, 0.2) is 22.7 Å². The highest BCUT2D eigenvalue weighted by Crippen LogP contribution is 2.26. The zero-order chi connectivity index (χ0) is 14.7. The molecule has 1 aromatic rings. The maximum atomic E-state index is 11.3. The molecule has 1 fully saturated rings. The zero-order valence-corrected chi connectivity index (χ0v) is 13.5. The minimum atomic E-state index is -0.795. The van der Waals surface area contributed by atoms with Gasteiger partial charge in [0.2, 0.25) is 0 Å². The Morgan fingerprint density at radius 3 is 2.95 bits per heavy atom. The smallest absolute Gasteiger partial charge is 0.310 e. The average Bonchev–Trinajstić information content (AvgIpc) is 2.89. The SMILES string of the molecule is CCN(Cc1cc(Cl)ccc1Br)C1COCC1C(=O)O. The molecule has 0 aliphatic carbocycles. The van der Waals surface area contributed by atoms with Gasteiger partial charge >= 0.3 is 5.97 Å². The predicted octanol–water partition coefficient (Wildman–Crippen LogP) is 3.02. The third-order valence-corrected chi connectivity index (χ3v) is 4.63. The Kier molecular flexibility index (Phi) is 5.43. The molecule has 2 unspecified atom stereocenters. The van der Waals surface area contributed by atoms with Crippen molar-refractivity contribution in [1.82, 2.24) is 4.90 Å². The lowest BCUT2D eigenvalue weighted by molar-refractivity contribution is -0.143. The summed E-state index contributed by atoms with van der Waals surface area (Å²) in [6, 6.07) is 5.54. The first-order chi connectivity index (χ1) is 9.52. The van der Waals surface area contributed by atoms with Crippen LogP contribution in [0.2, 0.25) is 5.02 Å². The largest absolute Gasteiger partial charge is 0.481 e. The molecule has 2 rings (SSSR count). The van der Waals surface area contributed by atoms with E-state index in [-0.39, 0.29) is 12.6 Å². The summed E-state index contributed by atoms with van der Waals surface area (Å²) in [6.07, 6.45) is 0. The minimum absolute atomic E-state index is 0.0941. The van der Waals surface area contributed by atoms with E-state index in [0.717, 1.165) is 16.6 Å². The number of carbonyl (C=O) groups is 1. The molecule has 1 aliphatic rings. The monoisotopic (exact) mass is 361 g/mol. The number of benzene rings is 1. The van der Waals surface area contributed by atoms with Gasteiger partial charge in [0.05, 0.1) is 19.1 Å². The van der Waals surface area contributed by atoms with E-state index in [0.29, 0.717) is 18.2 Å². The highest BCUT2D eigenvalue weighted by atomic mass is 79.9. The normalized spacial score (nSPS) is 22.4. The second-order valence-corrected chi connectivity index (χ2v) is 6.14. The van der Waals surface area contributed by atoms with Crippen LogP contribution in [0.25, 0.3) is 0 Å². The fourth-order valence-corrected chi connectivity index (χ4v) is 3.05. The molecular weight excluding hydrogens is 346 g/mol. The van der Waals surface area contributed by atoms with Gasteiger partial charge in [-0.3, -0.25) is 9.69 Å². The number of hydrogen-bond donors (Lipinski definition) is 1. The zero-order valence-electron chi connectivity index (χ0n) is 11.2. The maximum Gasteiger partial charge on any atom is 0.310 e. The minimum Gasteiger partial charge on any atom is -0.481 e. The van der Waals surface area contributed by atoms with Crippen LogP contribution in [0.5, 0.6) is 0 Å². The first-order valence-corrected chi connectivity index (χ1v) is 7.68. The van der Waals surface area contributed by atoms with Gasteiger partial charge in [0, 0.05) is 22.1 Å². The fourth-order valence-electron chi connectivity index (χ4n) is 2.49. The van der Waals surface area contributed by atoms with Crippen molar-refractivity contribution < 1.29 is 14.6 Å². The first-order valence-electron chi connectivity index (χ1n) is 6.51. The van der Waals surface area contributed by atoms with E-state index in [9.17, 15) is 9.90 Å². The van der Waals surface area contributed by atoms with Crippen molar-refractivity contribution in [2.45, 2.75) is 19.5 Å². The van der Waals surface area contributed by atoms with Crippen LogP contribution < -0.4 is 0 Å². The Bertz CT molecular complexity index is 497. The van der Waals surface area contributed by atoms with Gasteiger partial charge in [0.15, 0.2) is 0 Å². The molecule has 1 saturated heterocycles. The van der Waals surface area contributed by atoms with E-state index >= 15 is 0 Å². The van der Waals surface area contributed by atoms with Crippen molar-refractivity contribution in [3.63, 3.8) is 0 Å². The molecule has 1 aromatic carbocycles. The van der Waals surface area contributed by atoms with Gasteiger partial charge in [-0.15, -0.1) is 0 Å². The molecule has 4 nitrogen and oxygen atoms in total. The third kappa shape index (κ3) is 3.52. The van der Waals surface area contributed by atoms with Gasteiger partial charge in [-0.05, 0) is 30.3 Å². The maximum absolute atomic E-state index is 11.3. The number of likely N-dealkylation sites (N-methyl/N-ethyl adjacent to an activating group) is 1. The summed E-state index contributed by atoms with van der Waals surface area (Å²) >= 11 is 9.53. The highest BCUT2D eigenvalue weighted by Gasteiger charge is 2.37. The Morgan fingerprint density at radius 2 is 2.30 bits per heavy atom. The number of carboxylic acids is 1. The summed E-state index contributed by atoms with van der Waals surface area (Å²) in [4.78, 5) is 13.4. The van der Waals surface area contributed by atoms with Crippen LogP contribution in [0, 0.1) is 5.92 Å². The van der Waals surface area contributed by atoms with Crippen molar-refractivity contribution in [3.8, 4) is 0 Å². The van der Waals surface area contributed by atoms with E-state index in [1.165, 1.54) is 0 Å². The number of nitrogens with zero attached hydrogens (tertiary/aromatic N) is 1. The molecule has 0 spiro atoms. The number of carboxylic acid groups (broad SMARTS) is 1. The molecule has 0 radical (unpaired) electrons. The molecule has 0 amide bonds. The van der Waals surface area contributed by atoms with E-state index < -0.39 is 11.9 Å². The van der Waals surface area contributed by atoms with E-state index in [1.807, 2.05) is 25.1 Å². The molecule has 1 N–H and O–H groups in total. The van der Waals surface area contributed by atoms with Crippen LogP contribution in [0.1, 0.15) is 12.5 Å². The lowest BCUT2D eigenvalue weighted by Gasteiger charge is -2.29. The van der Waals surface area contributed by atoms with Gasteiger partial charge in [0.1, 0.15) is 0 Å².